The van der Waals surface area contributed by atoms with Gasteiger partial charge in [0.05, 0.1) is 11.7 Å². The van der Waals surface area contributed by atoms with E-state index < -0.39 is 0 Å². The van der Waals surface area contributed by atoms with Gasteiger partial charge in [-0.1, -0.05) is 23.7 Å². The van der Waals surface area contributed by atoms with Gasteiger partial charge in [-0.15, -0.1) is 12.4 Å². The normalized spacial score (nSPS) is 16.4. The minimum Gasteiger partial charge on any atom is -0.490 e. The summed E-state index contributed by atoms with van der Waals surface area (Å²) in [6.07, 6.45) is 7.12. The van der Waals surface area contributed by atoms with E-state index in [1.165, 1.54) is 19.3 Å². The Bertz CT molecular complexity index is 626. The maximum absolute atomic E-state index is 6.21. The molecule has 2 aromatic rings. The molecule has 1 atom stereocenters. The van der Waals surface area contributed by atoms with Crippen LogP contribution in [0.25, 0.3) is 11.5 Å². The predicted molar refractivity (Wildman–Crippen MR) is 96.7 cm³/mol. The SMILES string of the molecule is CNC(C)Cc1noc(-c2ccccc2OC2CCCCC2)n1.Cl. The van der Waals surface area contributed by atoms with Crippen LogP contribution in [0.3, 0.4) is 0 Å². The summed E-state index contributed by atoms with van der Waals surface area (Å²) in [5.41, 5.74) is 0.883. The molecule has 132 valence electrons. The molecule has 1 N–H and O–H groups in total. The Morgan fingerprint density at radius 2 is 2.00 bits per heavy atom. The number of hydrogen-bond donors (Lipinski definition) is 1. The molecular weight excluding hydrogens is 326 g/mol. The Labute approximate surface area is 149 Å². The first-order chi connectivity index (χ1) is 11.3. The number of para-hydroxylation sites is 1. The zero-order valence-electron chi connectivity index (χ0n) is 14.3. The molecular formula is C18H26ClN3O2. The largest absolute Gasteiger partial charge is 0.490 e. The minimum absolute atomic E-state index is 0. The van der Waals surface area contributed by atoms with Crippen LogP contribution in [0, 0.1) is 0 Å². The summed E-state index contributed by atoms with van der Waals surface area (Å²) in [4.78, 5) is 4.52. The molecule has 0 saturated heterocycles. The van der Waals surface area contributed by atoms with E-state index >= 15 is 0 Å². The third-order valence-electron chi connectivity index (χ3n) is 4.41. The highest BCUT2D eigenvalue weighted by Crippen LogP contribution is 2.31. The van der Waals surface area contributed by atoms with Gasteiger partial charge in [-0.2, -0.15) is 4.98 Å². The van der Waals surface area contributed by atoms with Gasteiger partial charge in [0.2, 0.25) is 0 Å². The summed E-state index contributed by atoms with van der Waals surface area (Å²) >= 11 is 0. The second-order valence-electron chi connectivity index (χ2n) is 6.28. The lowest BCUT2D eigenvalue weighted by Gasteiger charge is -2.23. The van der Waals surface area contributed by atoms with E-state index in [4.69, 9.17) is 9.26 Å². The smallest absolute Gasteiger partial charge is 0.261 e. The Hall–Kier alpha value is -1.59. The summed E-state index contributed by atoms with van der Waals surface area (Å²) < 4.78 is 11.7. The van der Waals surface area contributed by atoms with Crippen molar-refractivity contribution in [1.82, 2.24) is 15.5 Å². The van der Waals surface area contributed by atoms with Crippen LogP contribution in [-0.4, -0.2) is 29.3 Å². The van der Waals surface area contributed by atoms with Crippen LogP contribution in [0.2, 0.25) is 0 Å². The quantitative estimate of drug-likeness (QED) is 0.851. The van der Waals surface area contributed by atoms with Crippen molar-refractivity contribution in [2.24, 2.45) is 0 Å². The number of halogens is 1. The Kier molecular flexibility index (Phi) is 7.06. The van der Waals surface area contributed by atoms with Gasteiger partial charge >= 0.3 is 0 Å². The van der Waals surface area contributed by atoms with Crippen LogP contribution in [0.5, 0.6) is 5.75 Å². The third kappa shape index (κ3) is 4.71. The van der Waals surface area contributed by atoms with Crippen molar-refractivity contribution < 1.29 is 9.26 Å². The van der Waals surface area contributed by atoms with Crippen LogP contribution < -0.4 is 10.1 Å². The van der Waals surface area contributed by atoms with Crippen molar-refractivity contribution in [3.8, 4) is 17.2 Å². The fourth-order valence-electron chi connectivity index (χ4n) is 2.93. The van der Waals surface area contributed by atoms with E-state index in [9.17, 15) is 0 Å². The summed E-state index contributed by atoms with van der Waals surface area (Å²) in [6.45, 7) is 2.09. The van der Waals surface area contributed by atoms with Gasteiger partial charge in [-0.3, -0.25) is 0 Å². The molecule has 1 fully saturated rings. The molecule has 1 heterocycles. The fraction of sp³-hybridized carbons (Fsp3) is 0.556. The van der Waals surface area contributed by atoms with Crippen LogP contribution in [0.15, 0.2) is 28.8 Å². The van der Waals surface area contributed by atoms with E-state index in [2.05, 4.69) is 22.4 Å². The standard InChI is InChI=1S/C18H25N3O2.ClH/c1-13(19-2)12-17-20-18(23-21-17)15-10-6-7-11-16(15)22-14-8-4-3-5-9-14;/h6-7,10-11,13-14,19H,3-5,8-9,12H2,1-2H3;1H. The maximum atomic E-state index is 6.21. The monoisotopic (exact) mass is 351 g/mol. The van der Waals surface area contributed by atoms with Crippen molar-refractivity contribution >= 4 is 12.4 Å². The second-order valence-corrected chi connectivity index (χ2v) is 6.28. The Morgan fingerprint density at radius 1 is 1.25 bits per heavy atom. The molecule has 1 unspecified atom stereocenters. The number of benzene rings is 1. The predicted octanol–water partition coefficient (Wildman–Crippen LogP) is 4.02. The number of hydrogen-bond acceptors (Lipinski definition) is 5. The molecule has 1 aromatic carbocycles. The van der Waals surface area contributed by atoms with Crippen LogP contribution in [0.1, 0.15) is 44.9 Å². The lowest BCUT2D eigenvalue weighted by Crippen LogP contribution is -2.24. The molecule has 0 spiro atoms. The molecule has 6 heteroatoms. The fourth-order valence-corrected chi connectivity index (χ4v) is 2.93. The topological polar surface area (TPSA) is 60.2 Å². The zero-order valence-corrected chi connectivity index (χ0v) is 15.1. The van der Waals surface area contributed by atoms with Gasteiger partial charge in [0, 0.05) is 12.5 Å². The first kappa shape index (κ1) is 18.7. The van der Waals surface area contributed by atoms with E-state index in [1.54, 1.807) is 0 Å². The van der Waals surface area contributed by atoms with Crippen molar-refractivity contribution in [3.05, 3.63) is 30.1 Å². The number of ether oxygens (including phenoxy) is 1. The van der Waals surface area contributed by atoms with Crippen molar-refractivity contribution in [3.63, 3.8) is 0 Å². The molecule has 5 nitrogen and oxygen atoms in total. The summed E-state index contributed by atoms with van der Waals surface area (Å²) in [7, 11) is 1.93. The van der Waals surface area contributed by atoms with Crippen molar-refractivity contribution in [2.75, 3.05) is 7.05 Å². The van der Waals surface area contributed by atoms with Gasteiger partial charge in [-0.05, 0) is 51.8 Å². The molecule has 1 aliphatic rings. The third-order valence-corrected chi connectivity index (χ3v) is 4.41. The van der Waals surface area contributed by atoms with E-state index in [1.807, 2.05) is 31.3 Å². The molecule has 0 radical (unpaired) electrons. The molecule has 1 aromatic heterocycles. The number of aromatic nitrogens is 2. The van der Waals surface area contributed by atoms with E-state index in [-0.39, 0.29) is 12.4 Å². The summed E-state index contributed by atoms with van der Waals surface area (Å²) in [6, 6.07) is 8.25. The average molecular weight is 352 g/mol. The zero-order chi connectivity index (χ0) is 16.1. The lowest BCUT2D eigenvalue weighted by molar-refractivity contribution is 0.155. The molecule has 24 heavy (non-hydrogen) atoms. The highest BCUT2D eigenvalue weighted by molar-refractivity contribution is 5.85. The van der Waals surface area contributed by atoms with Crippen LogP contribution >= 0.6 is 12.4 Å². The summed E-state index contributed by atoms with van der Waals surface area (Å²) in [5.74, 6) is 2.10. The van der Waals surface area contributed by atoms with Crippen molar-refractivity contribution in [1.29, 1.82) is 0 Å². The maximum Gasteiger partial charge on any atom is 0.261 e. The summed E-state index contributed by atoms with van der Waals surface area (Å²) in [5, 5.41) is 7.27. The van der Waals surface area contributed by atoms with E-state index in [0.717, 1.165) is 30.6 Å². The molecule has 3 rings (SSSR count). The van der Waals surface area contributed by atoms with Gasteiger partial charge in [-0.25, -0.2) is 0 Å². The van der Waals surface area contributed by atoms with Gasteiger partial charge in [0.25, 0.3) is 5.89 Å². The number of nitrogens with one attached hydrogen (secondary N) is 1. The molecule has 1 saturated carbocycles. The second kappa shape index (κ2) is 9.04. The van der Waals surface area contributed by atoms with Crippen LogP contribution in [-0.2, 0) is 6.42 Å². The number of nitrogens with zero attached hydrogens (tertiary/aromatic N) is 2. The Morgan fingerprint density at radius 3 is 2.75 bits per heavy atom. The van der Waals surface area contributed by atoms with Gasteiger partial charge < -0.3 is 14.6 Å². The lowest BCUT2D eigenvalue weighted by atomic mass is 9.97. The number of rotatable bonds is 6. The highest BCUT2D eigenvalue weighted by atomic mass is 35.5. The molecule has 0 amide bonds. The minimum atomic E-state index is 0. The Balaban J connectivity index is 0.00000208. The van der Waals surface area contributed by atoms with Crippen molar-refractivity contribution in [2.45, 2.75) is 57.6 Å². The number of likely N-dealkylation sites (N-methyl/N-ethyl adjacent to an activating group) is 1. The highest BCUT2D eigenvalue weighted by Gasteiger charge is 2.19. The van der Waals surface area contributed by atoms with Gasteiger partial charge in [0.1, 0.15) is 5.75 Å². The van der Waals surface area contributed by atoms with E-state index in [0.29, 0.717) is 23.9 Å². The average Bonchev–Trinajstić information content (AvgIpc) is 3.04. The van der Waals surface area contributed by atoms with Crippen LogP contribution in [0.4, 0.5) is 0 Å². The first-order valence-corrected chi connectivity index (χ1v) is 8.52. The molecule has 1 aliphatic carbocycles. The first-order valence-electron chi connectivity index (χ1n) is 8.52. The molecule has 0 aliphatic heterocycles. The van der Waals surface area contributed by atoms with Gasteiger partial charge in [0.15, 0.2) is 5.82 Å². The molecule has 0 bridgehead atoms.